The van der Waals surface area contributed by atoms with Crippen LogP contribution in [0.3, 0.4) is 0 Å². The summed E-state index contributed by atoms with van der Waals surface area (Å²) in [5.41, 5.74) is -0.490. The predicted molar refractivity (Wildman–Crippen MR) is 117 cm³/mol. The van der Waals surface area contributed by atoms with Gasteiger partial charge in [0.15, 0.2) is 5.96 Å². The monoisotopic (exact) mass is 400 g/mol. The fourth-order valence-electron chi connectivity index (χ4n) is 2.66. The Morgan fingerprint density at radius 1 is 1.18 bits per heavy atom. The zero-order chi connectivity index (χ0) is 21.6. The number of hydrogen-bond acceptors (Lipinski definition) is 4. The van der Waals surface area contributed by atoms with E-state index in [0.717, 1.165) is 57.9 Å². The number of ether oxygens (including phenoxy) is 2. The summed E-state index contributed by atoms with van der Waals surface area (Å²) in [6.07, 6.45) is 3.72. The molecule has 166 valence electrons. The molecule has 0 aromatic carbocycles. The van der Waals surface area contributed by atoms with Crippen molar-refractivity contribution in [3.8, 4) is 0 Å². The number of guanidine groups is 1. The van der Waals surface area contributed by atoms with Crippen LogP contribution in [0, 0.1) is 5.92 Å². The summed E-state index contributed by atoms with van der Waals surface area (Å²) in [6, 6.07) is 0.0502. The first-order valence-corrected chi connectivity index (χ1v) is 10.6. The molecular formula is C21H44N4O3. The third-order valence-corrected chi connectivity index (χ3v) is 4.25. The standard InChI is InChI=1S/C21H44N4O3/c1-9-22-19(23-14-11-10-12-16-27-8)25(7)15-13-18(17(2)3)24-20(26)28-21(4,5)6/h17-18H,9-16H2,1-8H3,(H,22,23)(H,24,26). The maximum Gasteiger partial charge on any atom is 0.407 e. The van der Waals surface area contributed by atoms with E-state index in [0.29, 0.717) is 5.92 Å². The van der Waals surface area contributed by atoms with Gasteiger partial charge in [0.1, 0.15) is 5.60 Å². The molecule has 0 aromatic heterocycles. The number of nitrogens with one attached hydrogen (secondary N) is 2. The third-order valence-electron chi connectivity index (χ3n) is 4.25. The molecule has 7 heteroatoms. The van der Waals surface area contributed by atoms with Crippen LogP contribution in [-0.4, -0.2) is 69.0 Å². The minimum Gasteiger partial charge on any atom is -0.444 e. The van der Waals surface area contributed by atoms with E-state index in [-0.39, 0.29) is 12.1 Å². The van der Waals surface area contributed by atoms with Crippen LogP contribution in [-0.2, 0) is 9.47 Å². The average molecular weight is 401 g/mol. The maximum atomic E-state index is 12.1. The molecule has 0 aromatic rings. The van der Waals surface area contributed by atoms with E-state index in [9.17, 15) is 4.79 Å². The molecule has 0 saturated carbocycles. The molecule has 0 fully saturated rings. The van der Waals surface area contributed by atoms with Gasteiger partial charge in [0.2, 0.25) is 0 Å². The molecule has 0 saturated heterocycles. The van der Waals surface area contributed by atoms with Gasteiger partial charge in [-0.25, -0.2) is 4.79 Å². The zero-order valence-electron chi connectivity index (χ0n) is 19.4. The molecule has 0 heterocycles. The molecular weight excluding hydrogens is 356 g/mol. The van der Waals surface area contributed by atoms with E-state index in [1.54, 1.807) is 7.11 Å². The topological polar surface area (TPSA) is 75.2 Å². The highest BCUT2D eigenvalue weighted by Crippen LogP contribution is 2.11. The number of nitrogens with zero attached hydrogens (tertiary/aromatic N) is 2. The first kappa shape index (κ1) is 26.5. The lowest BCUT2D eigenvalue weighted by Crippen LogP contribution is -2.45. The van der Waals surface area contributed by atoms with Crippen LogP contribution < -0.4 is 10.6 Å². The molecule has 0 rings (SSSR count). The Morgan fingerprint density at radius 2 is 1.86 bits per heavy atom. The summed E-state index contributed by atoms with van der Waals surface area (Å²) in [6.45, 7) is 15.2. The Balaban J connectivity index is 4.59. The summed E-state index contributed by atoms with van der Waals surface area (Å²) >= 11 is 0. The molecule has 0 radical (unpaired) electrons. The molecule has 1 amide bonds. The fourth-order valence-corrected chi connectivity index (χ4v) is 2.66. The largest absolute Gasteiger partial charge is 0.444 e. The van der Waals surface area contributed by atoms with Crippen molar-refractivity contribution in [3.63, 3.8) is 0 Å². The highest BCUT2D eigenvalue weighted by molar-refractivity contribution is 5.79. The fraction of sp³-hybridized carbons (Fsp3) is 0.905. The number of hydrogen-bond donors (Lipinski definition) is 2. The van der Waals surface area contributed by atoms with Crippen molar-refractivity contribution in [1.29, 1.82) is 0 Å². The number of carbonyl (C=O) groups is 1. The van der Waals surface area contributed by atoms with Gasteiger partial charge in [0.25, 0.3) is 0 Å². The minimum atomic E-state index is -0.490. The van der Waals surface area contributed by atoms with Gasteiger partial charge in [0, 0.05) is 46.4 Å². The van der Waals surface area contributed by atoms with Crippen molar-refractivity contribution in [2.75, 3.05) is 40.4 Å². The first-order valence-electron chi connectivity index (χ1n) is 10.6. The van der Waals surface area contributed by atoms with Gasteiger partial charge in [-0.3, -0.25) is 4.99 Å². The summed E-state index contributed by atoms with van der Waals surface area (Å²) in [7, 11) is 3.77. The van der Waals surface area contributed by atoms with Crippen molar-refractivity contribution in [2.45, 2.75) is 78.9 Å². The van der Waals surface area contributed by atoms with Gasteiger partial charge in [-0.15, -0.1) is 0 Å². The van der Waals surface area contributed by atoms with Crippen molar-refractivity contribution >= 4 is 12.1 Å². The van der Waals surface area contributed by atoms with E-state index in [1.807, 2.05) is 27.8 Å². The molecule has 0 aliphatic heterocycles. The van der Waals surface area contributed by atoms with Gasteiger partial charge < -0.3 is 25.0 Å². The van der Waals surface area contributed by atoms with Gasteiger partial charge >= 0.3 is 6.09 Å². The third kappa shape index (κ3) is 13.6. The van der Waals surface area contributed by atoms with Gasteiger partial charge in [-0.1, -0.05) is 13.8 Å². The molecule has 7 nitrogen and oxygen atoms in total. The van der Waals surface area contributed by atoms with E-state index < -0.39 is 5.60 Å². The molecule has 2 N–H and O–H groups in total. The predicted octanol–water partition coefficient (Wildman–Crippen LogP) is 3.64. The number of carbonyl (C=O) groups excluding carboxylic acids is 1. The second-order valence-corrected chi connectivity index (χ2v) is 8.50. The molecule has 1 unspecified atom stereocenters. The Labute approximate surface area is 172 Å². The maximum absolute atomic E-state index is 12.1. The quantitative estimate of drug-likeness (QED) is 0.297. The number of alkyl carbamates (subject to hydrolysis) is 1. The second kappa shape index (κ2) is 14.5. The number of amides is 1. The second-order valence-electron chi connectivity index (χ2n) is 8.50. The van der Waals surface area contributed by atoms with E-state index in [1.165, 1.54) is 0 Å². The van der Waals surface area contributed by atoms with Crippen molar-refractivity contribution in [2.24, 2.45) is 10.9 Å². The number of aliphatic imine (C=N–C) groups is 1. The van der Waals surface area contributed by atoms with Crippen LogP contribution in [0.1, 0.15) is 67.2 Å². The van der Waals surface area contributed by atoms with Crippen LogP contribution in [0.25, 0.3) is 0 Å². The average Bonchev–Trinajstić information content (AvgIpc) is 2.58. The summed E-state index contributed by atoms with van der Waals surface area (Å²) < 4.78 is 10.5. The van der Waals surface area contributed by atoms with Crippen molar-refractivity contribution in [1.82, 2.24) is 15.5 Å². The Bertz CT molecular complexity index is 447. The van der Waals surface area contributed by atoms with Gasteiger partial charge in [-0.2, -0.15) is 0 Å². The Morgan fingerprint density at radius 3 is 2.39 bits per heavy atom. The molecule has 0 aliphatic carbocycles. The van der Waals surface area contributed by atoms with Crippen LogP contribution in [0.2, 0.25) is 0 Å². The summed E-state index contributed by atoms with van der Waals surface area (Å²) in [4.78, 5) is 19.0. The summed E-state index contributed by atoms with van der Waals surface area (Å²) in [5, 5.41) is 6.36. The smallest absolute Gasteiger partial charge is 0.407 e. The van der Waals surface area contributed by atoms with Gasteiger partial charge in [-0.05, 0) is 59.3 Å². The molecule has 1 atom stereocenters. The number of methoxy groups -OCH3 is 1. The highest BCUT2D eigenvalue weighted by atomic mass is 16.6. The van der Waals surface area contributed by atoms with Crippen LogP contribution >= 0.6 is 0 Å². The van der Waals surface area contributed by atoms with E-state index >= 15 is 0 Å². The van der Waals surface area contributed by atoms with Gasteiger partial charge in [0.05, 0.1) is 0 Å². The minimum absolute atomic E-state index is 0.0502. The molecule has 28 heavy (non-hydrogen) atoms. The zero-order valence-corrected chi connectivity index (χ0v) is 19.4. The van der Waals surface area contributed by atoms with E-state index in [2.05, 4.69) is 36.3 Å². The lowest BCUT2D eigenvalue weighted by molar-refractivity contribution is 0.0486. The summed E-state index contributed by atoms with van der Waals surface area (Å²) in [5.74, 6) is 1.23. The Hall–Kier alpha value is -1.50. The van der Waals surface area contributed by atoms with E-state index in [4.69, 9.17) is 14.5 Å². The molecule has 0 bridgehead atoms. The SMILES string of the molecule is CCNC(=NCCCCCOC)N(C)CCC(NC(=O)OC(C)(C)C)C(C)C. The molecule has 0 aliphatic rings. The lowest BCUT2D eigenvalue weighted by atomic mass is 10.0. The van der Waals surface area contributed by atoms with Crippen molar-refractivity contribution in [3.05, 3.63) is 0 Å². The van der Waals surface area contributed by atoms with Crippen molar-refractivity contribution < 1.29 is 14.3 Å². The van der Waals surface area contributed by atoms with Crippen LogP contribution in [0.4, 0.5) is 4.79 Å². The normalized spacial score (nSPS) is 13.4. The Kier molecular flexibility index (Phi) is 13.7. The number of unbranched alkanes of at least 4 members (excludes halogenated alkanes) is 2. The van der Waals surface area contributed by atoms with Crippen LogP contribution in [0.15, 0.2) is 4.99 Å². The number of rotatable bonds is 12. The first-order chi connectivity index (χ1) is 13.1. The lowest BCUT2D eigenvalue weighted by Gasteiger charge is -2.28. The highest BCUT2D eigenvalue weighted by Gasteiger charge is 2.22. The van der Waals surface area contributed by atoms with Crippen LogP contribution in [0.5, 0.6) is 0 Å². The molecule has 0 spiro atoms.